The molecule has 0 aromatic rings. The summed E-state index contributed by atoms with van der Waals surface area (Å²) in [5.41, 5.74) is 4.91. The van der Waals surface area contributed by atoms with Crippen LogP contribution in [0.15, 0.2) is 0 Å². The molecule has 5 N–H and O–H groups in total. The number of aliphatic carboxylic acids is 1. The molecule has 0 aliphatic rings. The standard InChI is InChI=1S/C10H19N3O5S/c1-2-19(18)6-5-12-10(17)13-7(9(15)16)3-4-8(11)14/h7H,2-6H2,1H3,(H2,11,14)(H,15,16)(H2,12,13,17)/t7-,19?/m0/s1. The Hall–Kier alpha value is -1.64. The Morgan fingerprint density at radius 2 is 2.00 bits per heavy atom. The number of rotatable bonds is 9. The van der Waals surface area contributed by atoms with Crippen LogP contribution in [-0.4, -0.2) is 51.3 Å². The third-order valence-electron chi connectivity index (χ3n) is 2.22. The van der Waals surface area contributed by atoms with E-state index in [1.165, 1.54) is 0 Å². The largest absolute Gasteiger partial charge is 0.480 e. The van der Waals surface area contributed by atoms with Gasteiger partial charge in [0.15, 0.2) is 0 Å². The molecular formula is C10H19N3O5S. The van der Waals surface area contributed by atoms with Crippen LogP contribution in [-0.2, 0) is 20.4 Å². The topological polar surface area (TPSA) is 139 Å². The molecule has 2 atom stereocenters. The second-order valence-electron chi connectivity index (χ2n) is 3.73. The van der Waals surface area contributed by atoms with Gasteiger partial charge in [0.2, 0.25) is 5.91 Å². The highest BCUT2D eigenvalue weighted by atomic mass is 32.2. The molecule has 0 radical (unpaired) electrons. The molecule has 3 amide bonds. The summed E-state index contributed by atoms with van der Waals surface area (Å²) in [6, 6.07) is -1.85. The molecule has 9 heteroatoms. The monoisotopic (exact) mass is 293 g/mol. The van der Waals surface area contributed by atoms with E-state index in [9.17, 15) is 18.6 Å². The minimum Gasteiger partial charge on any atom is -0.480 e. The lowest BCUT2D eigenvalue weighted by Gasteiger charge is -2.14. The number of carbonyl (C=O) groups excluding carboxylic acids is 2. The zero-order chi connectivity index (χ0) is 14.8. The first-order chi connectivity index (χ1) is 8.86. The molecule has 1 unspecified atom stereocenters. The number of amides is 3. The number of primary amides is 1. The fraction of sp³-hybridized carbons (Fsp3) is 0.700. The Morgan fingerprint density at radius 1 is 1.37 bits per heavy atom. The van der Waals surface area contributed by atoms with Crippen LogP contribution in [0.4, 0.5) is 4.79 Å². The van der Waals surface area contributed by atoms with Gasteiger partial charge >= 0.3 is 12.0 Å². The van der Waals surface area contributed by atoms with Gasteiger partial charge in [-0.1, -0.05) is 6.92 Å². The van der Waals surface area contributed by atoms with Gasteiger partial charge in [-0.3, -0.25) is 9.00 Å². The van der Waals surface area contributed by atoms with Crippen molar-refractivity contribution < 1.29 is 23.7 Å². The Labute approximate surface area is 113 Å². The summed E-state index contributed by atoms with van der Waals surface area (Å²) < 4.78 is 11.1. The maximum absolute atomic E-state index is 11.4. The molecule has 0 aromatic heterocycles. The molecule has 0 heterocycles. The first-order valence-corrected chi connectivity index (χ1v) is 7.26. The van der Waals surface area contributed by atoms with Crippen molar-refractivity contribution in [3.8, 4) is 0 Å². The maximum atomic E-state index is 11.4. The highest BCUT2D eigenvalue weighted by Crippen LogP contribution is 1.97. The van der Waals surface area contributed by atoms with Crippen molar-refractivity contribution in [1.82, 2.24) is 10.6 Å². The summed E-state index contributed by atoms with van der Waals surface area (Å²) in [6.45, 7) is 1.95. The number of hydrogen-bond acceptors (Lipinski definition) is 4. The van der Waals surface area contributed by atoms with E-state index in [-0.39, 0.29) is 19.4 Å². The molecule has 0 aromatic carbocycles. The van der Waals surface area contributed by atoms with Crippen molar-refractivity contribution in [1.29, 1.82) is 0 Å². The number of carboxylic acid groups (broad SMARTS) is 1. The van der Waals surface area contributed by atoms with Gasteiger partial charge in [0.05, 0.1) is 0 Å². The number of urea groups is 1. The molecule has 0 saturated carbocycles. The molecule has 0 bridgehead atoms. The molecule has 0 aliphatic heterocycles. The molecule has 0 aliphatic carbocycles. The molecule has 0 spiro atoms. The van der Waals surface area contributed by atoms with Gasteiger partial charge in [0.1, 0.15) is 6.04 Å². The van der Waals surface area contributed by atoms with Crippen molar-refractivity contribution in [2.24, 2.45) is 5.73 Å². The summed E-state index contributed by atoms with van der Waals surface area (Å²) in [4.78, 5) is 32.8. The number of carbonyl (C=O) groups is 3. The first kappa shape index (κ1) is 17.4. The Kier molecular flexibility index (Phi) is 8.51. The summed E-state index contributed by atoms with van der Waals surface area (Å²) >= 11 is 0. The van der Waals surface area contributed by atoms with Crippen LogP contribution in [0.25, 0.3) is 0 Å². The third-order valence-corrected chi connectivity index (χ3v) is 3.52. The van der Waals surface area contributed by atoms with E-state index in [4.69, 9.17) is 10.8 Å². The zero-order valence-corrected chi connectivity index (χ0v) is 11.5. The average molecular weight is 293 g/mol. The van der Waals surface area contributed by atoms with E-state index in [2.05, 4.69) is 10.6 Å². The van der Waals surface area contributed by atoms with Crippen LogP contribution in [0.5, 0.6) is 0 Å². The molecule has 0 saturated heterocycles. The van der Waals surface area contributed by atoms with Crippen LogP contribution in [0.3, 0.4) is 0 Å². The SMILES string of the molecule is CCS(=O)CCNC(=O)N[C@@H](CCC(N)=O)C(=O)O. The lowest BCUT2D eigenvalue weighted by atomic mass is 10.1. The smallest absolute Gasteiger partial charge is 0.326 e. The van der Waals surface area contributed by atoms with E-state index in [1.807, 2.05) is 0 Å². The fourth-order valence-corrected chi connectivity index (χ4v) is 1.79. The molecule has 0 fully saturated rings. The fourth-order valence-electron chi connectivity index (χ4n) is 1.18. The van der Waals surface area contributed by atoms with Gasteiger partial charge in [0, 0.05) is 35.3 Å². The average Bonchev–Trinajstić information content (AvgIpc) is 2.33. The second kappa shape index (κ2) is 9.31. The highest BCUT2D eigenvalue weighted by Gasteiger charge is 2.20. The van der Waals surface area contributed by atoms with E-state index in [1.54, 1.807) is 6.92 Å². The van der Waals surface area contributed by atoms with E-state index in [0.29, 0.717) is 11.5 Å². The summed E-state index contributed by atoms with van der Waals surface area (Å²) in [5.74, 6) is -1.07. The van der Waals surface area contributed by atoms with Crippen molar-refractivity contribution >= 4 is 28.7 Å². The summed E-state index contributed by atoms with van der Waals surface area (Å²) in [5, 5.41) is 13.4. The zero-order valence-electron chi connectivity index (χ0n) is 10.7. The van der Waals surface area contributed by atoms with Crippen molar-refractivity contribution in [2.75, 3.05) is 18.1 Å². The van der Waals surface area contributed by atoms with E-state index >= 15 is 0 Å². The third kappa shape index (κ3) is 9.00. The Balaban J connectivity index is 4.06. The minimum atomic E-state index is -1.24. The quantitative estimate of drug-likeness (QED) is 0.422. The van der Waals surface area contributed by atoms with Gasteiger partial charge in [-0.25, -0.2) is 9.59 Å². The van der Waals surface area contributed by atoms with Crippen molar-refractivity contribution in [2.45, 2.75) is 25.8 Å². The minimum absolute atomic E-state index is 0.0705. The molecule has 0 rings (SSSR count). The van der Waals surface area contributed by atoms with E-state index < -0.39 is 34.7 Å². The summed E-state index contributed by atoms with van der Waals surface area (Å²) in [6.07, 6.45) is -0.198. The predicted octanol–water partition coefficient (Wildman–Crippen LogP) is -1.23. The molecular weight excluding hydrogens is 274 g/mol. The van der Waals surface area contributed by atoms with Crippen LogP contribution >= 0.6 is 0 Å². The second-order valence-corrected chi connectivity index (χ2v) is 5.59. The molecule has 110 valence electrons. The number of carboxylic acids is 1. The van der Waals surface area contributed by atoms with Gasteiger partial charge in [-0.05, 0) is 6.42 Å². The normalized spacial score (nSPS) is 13.3. The maximum Gasteiger partial charge on any atom is 0.326 e. The molecule has 8 nitrogen and oxygen atoms in total. The lowest BCUT2D eigenvalue weighted by Crippen LogP contribution is -2.47. The lowest BCUT2D eigenvalue weighted by molar-refractivity contribution is -0.139. The van der Waals surface area contributed by atoms with Crippen molar-refractivity contribution in [3.05, 3.63) is 0 Å². The van der Waals surface area contributed by atoms with Crippen LogP contribution in [0.1, 0.15) is 19.8 Å². The number of hydrogen-bond donors (Lipinski definition) is 4. The summed E-state index contributed by atoms with van der Waals surface area (Å²) in [7, 11) is -0.994. The highest BCUT2D eigenvalue weighted by molar-refractivity contribution is 7.84. The van der Waals surface area contributed by atoms with Gasteiger partial charge in [-0.2, -0.15) is 0 Å². The van der Waals surface area contributed by atoms with Crippen LogP contribution < -0.4 is 16.4 Å². The van der Waals surface area contributed by atoms with Crippen LogP contribution in [0, 0.1) is 0 Å². The molecule has 19 heavy (non-hydrogen) atoms. The van der Waals surface area contributed by atoms with Gasteiger partial charge < -0.3 is 21.5 Å². The first-order valence-electron chi connectivity index (χ1n) is 5.77. The van der Waals surface area contributed by atoms with Crippen LogP contribution in [0.2, 0.25) is 0 Å². The number of nitrogens with two attached hydrogens (primary N) is 1. The Bertz CT molecular complexity index is 361. The van der Waals surface area contributed by atoms with Gasteiger partial charge in [0.25, 0.3) is 0 Å². The predicted molar refractivity (Wildman–Crippen MR) is 69.9 cm³/mol. The number of nitrogens with one attached hydrogen (secondary N) is 2. The Morgan fingerprint density at radius 3 is 2.47 bits per heavy atom. The van der Waals surface area contributed by atoms with Gasteiger partial charge in [-0.15, -0.1) is 0 Å². The van der Waals surface area contributed by atoms with E-state index in [0.717, 1.165) is 0 Å². The van der Waals surface area contributed by atoms with Crippen molar-refractivity contribution in [3.63, 3.8) is 0 Å².